The van der Waals surface area contributed by atoms with Crippen molar-refractivity contribution in [2.75, 3.05) is 0 Å². The molecule has 5 nitrogen and oxygen atoms in total. The normalized spacial score (nSPS) is 9.33. The summed E-state index contributed by atoms with van der Waals surface area (Å²) in [6.45, 7) is 1.30. The molecule has 0 aliphatic carbocycles. The first-order valence-electron chi connectivity index (χ1n) is 4.20. The Hall–Kier alpha value is -2.22. The predicted octanol–water partition coefficient (Wildman–Crippen LogP) is 0.408. The lowest BCUT2D eigenvalue weighted by Crippen LogP contribution is -2.13. The maximum Gasteiger partial charge on any atom is 0.265 e. The lowest BCUT2D eigenvalue weighted by molar-refractivity contribution is -0.116. The van der Waals surface area contributed by atoms with Crippen molar-refractivity contribution in [1.82, 2.24) is 4.98 Å². The van der Waals surface area contributed by atoms with Crippen LogP contribution in [0, 0.1) is 11.3 Å². The molecule has 0 aliphatic heterocycles. The summed E-state index contributed by atoms with van der Waals surface area (Å²) in [7, 11) is 0. The fourth-order valence-electron chi connectivity index (χ4n) is 1.06. The number of pyridine rings is 1. The largest absolute Gasteiger partial charge is 0.327 e. The number of rotatable bonds is 3. The maximum atomic E-state index is 11.4. The molecule has 0 amide bonds. The second-order valence-electron chi connectivity index (χ2n) is 3.04. The number of nitrogens with zero attached hydrogens (tertiary/aromatic N) is 1. The molecule has 0 atom stereocenters. The molecule has 1 heterocycles. The number of nitriles is 1. The van der Waals surface area contributed by atoms with Crippen LogP contribution in [0.2, 0.25) is 0 Å². The van der Waals surface area contributed by atoms with Gasteiger partial charge in [0.05, 0.1) is 6.42 Å². The summed E-state index contributed by atoms with van der Waals surface area (Å²) in [4.78, 5) is 35.3. The van der Waals surface area contributed by atoms with Crippen molar-refractivity contribution in [2.45, 2.75) is 13.3 Å². The van der Waals surface area contributed by atoms with E-state index >= 15 is 0 Å². The van der Waals surface area contributed by atoms with Gasteiger partial charge >= 0.3 is 0 Å². The SMILES string of the molecule is CC(=O)CC(=O)c1c[nH]c(=O)c(C#N)c1. The molecule has 0 saturated carbocycles. The Morgan fingerprint density at radius 3 is 2.73 bits per heavy atom. The molecule has 1 rings (SSSR count). The Bertz CT molecular complexity index is 508. The molecule has 0 unspecified atom stereocenters. The molecule has 0 saturated heterocycles. The molecule has 1 aromatic rings. The van der Waals surface area contributed by atoms with Gasteiger partial charge in [-0.15, -0.1) is 0 Å². The average molecular weight is 204 g/mol. The second kappa shape index (κ2) is 4.33. The van der Waals surface area contributed by atoms with Gasteiger partial charge in [-0.25, -0.2) is 0 Å². The lowest BCUT2D eigenvalue weighted by Gasteiger charge is -1.97. The first kappa shape index (κ1) is 10.9. The maximum absolute atomic E-state index is 11.4. The number of H-pyrrole nitrogens is 1. The van der Waals surface area contributed by atoms with Crippen LogP contribution in [0.25, 0.3) is 0 Å². The average Bonchev–Trinajstić information content (AvgIpc) is 2.17. The van der Waals surface area contributed by atoms with Crippen LogP contribution in [-0.4, -0.2) is 16.6 Å². The smallest absolute Gasteiger partial charge is 0.265 e. The molecule has 0 aliphatic rings. The third-order valence-corrected chi connectivity index (χ3v) is 1.76. The van der Waals surface area contributed by atoms with Gasteiger partial charge in [0.2, 0.25) is 0 Å². The molecular formula is C10H8N2O3. The molecular weight excluding hydrogens is 196 g/mol. The van der Waals surface area contributed by atoms with Crippen molar-refractivity contribution in [3.05, 3.63) is 33.7 Å². The highest BCUT2D eigenvalue weighted by Gasteiger charge is 2.10. The van der Waals surface area contributed by atoms with Gasteiger partial charge in [0.1, 0.15) is 17.4 Å². The fourth-order valence-corrected chi connectivity index (χ4v) is 1.06. The Morgan fingerprint density at radius 1 is 1.53 bits per heavy atom. The van der Waals surface area contributed by atoms with Gasteiger partial charge in [-0.2, -0.15) is 5.26 Å². The van der Waals surface area contributed by atoms with Crippen molar-refractivity contribution in [3.8, 4) is 6.07 Å². The quantitative estimate of drug-likeness (QED) is 0.570. The number of carbonyl (C=O) groups is 2. The van der Waals surface area contributed by atoms with E-state index in [1.54, 1.807) is 6.07 Å². The number of aromatic nitrogens is 1. The first-order valence-corrected chi connectivity index (χ1v) is 4.20. The fraction of sp³-hybridized carbons (Fsp3) is 0.200. The van der Waals surface area contributed by atoms with Crippen LogP contribution in [0.15, 0.2) is 17.1 Å². The van der Waals surface area contributed by atoms with Gasteiger partial charge in [-0.3, -0.25) is 14.4 Å². The van der Waals surface area contributed by atoms with E-state index in [2.05, 4.69) is 4.98 Å². The molecule has 76 valence electrons. The van der Waals surface area contributed by atoms with Gasteiger partial charge in [-0.1, -0.05) is 0 Å². The van der Waals surface area contributed by atoms with Gasteiger partial charge < -0.3 is 4.98 Å². The zero-order valence-electron chi connectivity index (χ0n) is 8.03. The second-order valence-corrected chi connectivity index (χ2v) is 3.04. The number of nitrogens with one attached hydrogen (secondary N) is 1. The molecule has 0 fully saturated rings. The zero-order valence-corrected chi connectivity index (χ0v) is 8.03. The number of aromatic amines is 1. The van der Waals surface area contributed by atoms with E-state index in [1.807, 2.05) is 0 Å². The summed E-state index contributed by atoms with van der Waals surface area (Å²) in [5, 5.41) is 8.56. The van der Waals surface area contributed by atoms with Crippen LogP contribution in [0.5, 0.6) is 0 Å². The van der Waals surface area contributed by atoms with Gasteiger partial charge in [0.25, 0.3) is 5.56 Å². The van der Waals surface area contributed by atoms with Crippen molar-refractivity contribution < 1.29 is 9.59 Å². The minimum atomic E-state index is -0.545. The third kappa shape index (κ3) is 2.61. The first-order chi connectivity index (χ1) is 7.04. The standard InChI is InChI=1S/C10H8N2O3/c1-6(13)2-9(14)8-3-7(4-11)10(15)12-5-8/h3,5H,2H2,1H3,(H,12,15). The lowest BCUT2D eigenvalue weighted by atomic mass is 10.1. The summed E-state index contributed by atoms with van der Waals surface area (Å²) in [5.74, 6) is -0.667. The monoisotopic (exact) mass is 204 g/mol. The molecule has 0 radical (unpaired) electrons. The van der Waals surface area contributed by atoms with Crippen LogP contribution in [0.3, 0.4) is 0 Å². The Labute approximate surface area is 85.4 Å². The predicted molar refractivity (Wildman–Crippen MR) is 51.4 cm³/mol. The number of carbonyl (C=O) groups excluding carboxylic acids is 2. The van der Waals surface area contributed by atoms with E-state index in [0.29, 0.717) is 0 Å². The minimum absolute atomic E-state index is 0.135. The molecule has 0 bridgehead atoms. The van der Waals surface area contributed by atoms with Crippen LogP contribution < -0.4 is 5.56 Å². The summed E-state index contributed by atoms with van der Waals surface area (Å²) in [6, 6.07) is 2.85. The van der Waals surface area contributed by atoms with E-state index in [9.17, 15) is 14.4 Å². The number of hydrogen-bond donors (Lipinski definition) is 1. The van der Waals surface area contributed by atoms with E-state index in [1.165, 1.54) is 19.2 Å². The van der Waals surface area contributed by atoms with Crippen molar-refractivity contribution in [1.29, 1.82) is 5.26 Å². The van der Waals surface area contributed by atoms with E-state index in [4.69, 9.17) is 5.26 Å². The minimum Gasteiger partial charge on any atom is -0.327 e. The molecule has 5 heteroatoms. The van der Waals surface area contributed by atoms with Gasteiger partial charge in [0, 0.05) is 11.8 Å². The molecule has 1 N–H and O–H groups in total. The highest BCUT2D eigenvalue weighted by Crippen LogP contribution is 2.02. The van der Waals surface area contributed by atoms with E-state index < -0.39 is 11.3 Å². The Balaban J connectivity index is 3.08. The van der Waals surface area contributed by atoms with Crippen LogP contribution in [0.1, 0.15) is 29.3 Å². The summed E-state index contributed by atoms with van der Waals surface area (Å²) in [6.07, 6.45) is 0.978. The Kier molecular flexibility index (Phi) is 3.13. The van der Waals surface area contributed by atoms with Crippen LogP contribution >= 0.6 is 0 Å². The van der Waals surface area contributed by atoms with Gasteiger partial charge in [0.15, 0.2) is 5.78 Å². The molecule has 0 aromatic carbocycles. The van der Waals surface area contributed by atoms with Crippen LogP contribution in [-0.2, 0) is 4.79 Å². The number of ketones is 2. The third-order valence-electron chi connectivity index (χ3n) is 1.76. The highest BCUT2D eigenvalue weighted by atomic mass is 16.1. The topological polar surface area (TPSA) is 90.8 Å². The van der Waals surface area contributed by atoms with Crippen molar-refractivity contribution in [3.63, 3.8) is 0 Å². The van der Waals surface area contributed by atoms with E-state index in [-0.39, 0.29) is 23.3 Å². The summed E-state index contributed by atoms with van der Waals surface area (Å²) in [5.41, 5.74) is -0.511. The molecule has 15 heavy (non-hydrogen) atoms. The van der Waals surface area contributed by atoms with Gasteiger partial charge in [-0.05, 0) is 13.0 Å². The highest BCUT2D eigenvalue weighted by molar-refractivity contribution is 6.07. The molecule has 1 aromatic heterocycles. The number of Topliss-reactive ketones (excluding diaryl/α,β-unsaturated/α-hetero) is 2. The van der Waals surface area contributed by atoms with Crippen molar-refractivity contribution >= 4 is 11.6 Å². The summed E-state index contributed by atoms with van der Waals surface area (Å²) < 4.78 is 0. The Morgan fingerprint density at radius 2 is 2.20 bits per heavy atom. The van der Waals surface area contributed by atoms with Crippen LogP contribution in [0.4, 0.5) is 0 Å². The summed E-state index contributed by atoms with van der Waals surface area (Å²) >= 11 is 0. The van der Waals surface area contributed by atoms with E-state index in [0.717, 1.165) is 0 Å². The molecule has 0 spiro atoms. The number of hydrogen-bond acceptors (Lipinski definition) is 4. The van der Waals surface area contributed by atoms with Crippen molar-refractivity contribution in [2.24, 2.45) is 0 Å². The zero-order chi connectivity index (χ0) is 11.4.